The Morgan fingerprint density at radius 3 is 2.50 bits per heavy atom. The Balaban J connectivity index is 1.89. The molecule has 1 N–H and O–H groups in total. The molecule has 4 atom stereocenters. The number of fused-ring (bicyclic) bond motifs is 1. The van der Waals surface area contributed by atoms with Crippen LogP contribution in [0.1, 0.15) is 71.6 Å². The SMILES string of the molecule is CCC[C@H]1CC[C@H]2[C@@H](CCC)CCC[C@@H]2N1. The Morgan fingerprint density at radius 2 is 1.75 bits per heavy atom. The van der Waals surface area contributed by atoms with Gasteiger partial charge >= 0.3 is 0 Å². The minimum atomic E-state index is 0.839. The van der Waals surface area contributed by atoms with Gasteiger partial charge in [-0.2, -0.15) is 0 Å². The van der Waals surface area contributed by atoms with E-state index in [1.54, 1.807) is 0 Å². The zero-order valence-corrected chi connectivity index (χ0v) is 11.2. The summed E-state index contributed by atoms with van der Waals surface area (Å²) in [6.07, 6.45) is 13.0. The molecule has 1 aliphatic heterocycles. The van der Waals surface area contributed by atoms with E-state index in [1.165, 1.54) is 57.8 Å². The van der Waals surface area contributed by atoms with Crippen LogP contribution in [0.2, 0.25) is 0 Å². The number of rotatable bonds is 4. The zero-order chi connectivity index (χ0) is 11.4. The summed E-state index contributed by atoms with van der Waals surface area (Å²) in [4.78, 5) is 0. The lowest BCUT2D eigenvalue weighted by Crippen LogP contribution is -2.51. The number of piperidine rings is 1. The molecule has 16 heavy (non-hydrogen) atoms. The van der Waals surface area contributed by atoms with Crippen molar-refractivity contribution in [2.24, 2.45) is 11.8 Å². The van der Waals surface area contributed by atoms with E-state index in [2.05, 4.69) is 19.2 Å². The maximum absolute atomic E-state index is 3.94. The molecule has 0 bridgehead atoms. The van der Waals surface area contributed by atoms with Crippen LogP contribution < -0.4 is 5.32 Å². The maximum Gasteiger partial charge on any atom is 0.0101 e. The largest absolute Gasteiger partial charge is 0.311 e. The van der Waals surface area contributed by atoms with Gasteiger partial charge in [0, 0.05) is 12.1 Å². The van der Waals surface area contributed by atoms with Gasteiger partial charge < -0.3 is 5.32 Å². The summed E-state index contributed by atoms with van der Waals surface area (Å²) in [6, 6.07) is 1.71. The molecule has 1 saturated carbocycles. The molecule has 1 saturated heterocycles. The first kappa shape index (κ1) is 12.4. The molecule has 0 spiro atoms. The Bertz CT molecular complexity index is 200. The zero-order valence-electron chi connectivity index (χ0n) is 11.2. The molecule has 1 heteroatoms. The highest BCUT2D eigenvalue weighted by Gasteiger charge is 2.36. The summed E-state index contributed by atoms with van der Waals surface area (Å²) in [7, 11) is 0. The molecule has 0 amide bonds. The van der Waals surface area contributed by atoms with E-state index in [0.29, 0.717) is 0 Å². The molecule has 2 aliphatic rings. The van der Waals surface area contributed by atoms with E-state index in [-0.39, 0.29) is 0 Å². The van der Waals surface area contributed by atoms with Crippen LogP contribution in [0.4, 0.5) is 0 Å². The monoisotopic (exact) mass is 223 g/mol. The Labute approximate surface area is 101 Å². The quantitative estimate of drug-likeness (QED) is 0.756. The predicted octanol–water partition coefficient (Wildman–Crippen LogP) is 4.12. The first-order valence-corrected chi connectivity index (χ1v) is 7.61. The second-order valence-electron chi connectivity index (χ2n) is 5.98. The molecular weight excluding hydrogens is 194 g/mol. The molecule has 2 rings (SSSR count). The maximum atomic E-state index is 3.94. The fraction of sp³-hybridized carbons (Fsp3) is 1.00. The number of nitrogens with one attached hydrogen (secondary N) is 1. The standard InChI is InChI=1S/C15H29N/c1-3-6-12-8-5-9-15-14(12)11-10-13(16-15)7-4-2/h12-16H,3-11H2,1-2H3/t12-,13-,14-,15-/m0/s1. The van der Waals surface area contributed by atoms with Gasteiger partial charge in [0.1, 0.15) is 0 Å². The predicted molar refractivity (Wildman–Crippen MR) is 70.6 cm³/mol. The molecule has 0 aromatic carbocycles. The van der Waals surface area contributed by atoms with Crippen LogP contribution in [-0.2, 0) is 0 Å². The van der Waals surface area contributed by atoms with Crippen molar-refractivity contribution < 1.29 is 0 Å². The third kappa shape index (κ3) is 2.80. The minimum absolute atomic E-state index is 0.839. The summed E-state index contributed by atoms with van der Waals surface area (Å²) in [5.74, 6) is 2.06. The molecule has 1 aliphatic carbocycles. The highest BCUT2D eigenvalue weighted by molar-refractivity contribution is 4.92. The van der Waals surface area contributed by atoms with Crippen LogP contribution in [0.3, 0.4) is 0 Å². The highest BCUT2D eigenvalue weighted by atomic mass is 15.0. The van der Waals surface area contributed by atoms with Gasteiger partial charge in [0.2, 0.25) is 0 Å². The fourth-order valence-electron chi connectivity index (χ4n) is 4.09. The van der Waals surface area contributed by atoms with Crippen molar-refractivity contribution in [2.75, 3.05) is 0 Å². The normalized spacial score (nSPS) is 39.4. The molecule has 2 fully saturated rings. The lowest BCUT2D eigenvalue weighted by molar-refractivity contribution is 0.106. The van der Waals surface area contributed by atoms with E-state index < -0.39 is 0 Å². The third-order valence-corrected chi connectivity index (χ3v) is 4.81. The molecule has 0 unspecified atom stereocenters. The van der Waals surface area contributed by atoms with Crippen molar-refractivity contribution in [3.05, 3.63) is 0 Å². The average Bonchev–Trinajstić information content (AvgIpc) is 2.30. The second-order valence-corrected chi connectivity index (χ2v) is 5.98. The van der Waals surface area contributed by atoms with Gasteiger partial charge in [-0.25, -0.2) is 0 Å². The van der Waals surface area contributed by atoms with E-state index >= 15 is 0 Å². The summed E-state index contributed by atoms with van der Waals surface area (Å²) in [6.45, 7) is 4.66. The topological polar surface area (TPSA) is 12.0 Å². The molecule has 1 nitrogen and oxygen atoms in total. The molecular formula is C15H29N. The number of hydrogen-bond acceptors (Lipinski definition) is 1. The van der Waals surface area contributed by atoms with Crippen molar-refractivity contribution in [3.8, 4) is 0 Å². The van der Waals surface area contributed by atoms with E-state index in [9.17, 15) is 0 Å². The van der Waals surface area contributed by atoms with Crippen LogP contribution in [-0.4, -0.2) is 12.1 Å². The number of hydrogen-bond donors (Lipinski definition) is 1. The van der Waals surface area contributed by atoms with Gasteiger partial charge in [-0.1, -0.05) is 46.0 Å². The summed E-state index contributed by atoms with van der Waals surface area (Å²) >= 11 is 0. The highest BCUT2D eigenvalue weighted by Crippen LogP contribution is 2.39. The van der Waals surface area contributed by atoms with Crippen molar-refractivity contribution in [1.82, 2.24) is 5.32 Å². The fourth-order valence-corrected chi connectivity index (χ4v) is 4.09. The lowest BCUT2D eigenvalue weighted by atomic mass is 9.69. The average molecular weight is 223 g/mol. The molecule has 1 heterocycles. The second kappa shape index (κ2) is 6.05. The van der Waals surface area contributed by atoms with Gasteiger partial charge in [-0.3, -0.25) is 0 Å². The van der Waals surface area contributed by atoms with Gasteiger partial charge in [0.25, 0.3) is 0 Å². The molecule has 94 valence electrons. The first-order valence-electron chi connectivity index (χ1n) is 7.61. The van der Waals surface area contributed by atoms with Crippen LogP contribution in [0.25, 0.3) is 0 Å². The summed E-state index contributed by atoms with van der Waals surface area (Å²) in [5, 5.41) is 3.94. The van der Waals surface area contributed by atoms with Crippen LogP contribution in [0.15, 0.2) is 0 Å². The van der Waals surface area contributed by atoms with Crippen LogP contribution in [0.5, 0.6) is 0 Å². The van der Waals surface area contributed by atoms with E-state index in [4.69, 9.17) is 0 Å². The first-order chi connectivity index (χ1) is 7.85. The smallest absolute Gasteiger partial charge is 0.0101 e. The van der Waals surface area contributed by atoms with E-state index in [1.807, 2.05) is 0 Å². The van der Waals surface area contributed by atoms with Gasteiger partial charge in [0.15, 0.2) is 0 Å². The molecule has 0 aromatic rings. The van der Waals surface area contributed by atoms with Crippen LogP contribution >= 0.6 is 0 Å². The lowest BCUT2D eigenvalue weighted by Gasteiger charge is -2.45. The Hall–Kier alpha value is -0.0400. The molecule has 0 radical (unpaired) electrons. The van der Waals surface area contributed by atoms with Gasteiger partial charge in [-0.15, -0.1) is 0 Å². The molecule has 0 aromatic heterocycles. The van der Waals surface area contributed by atoms with E-state index in [0.717, 1.165) is 23.9 Å². The van der Waals surface area contributed by atoms with Crippen molar-refractivity contribution in [2.45, 2.75) is 83.7 Å². The van der Waals surface area contributed by atoms with Crippen LogP contribution in [0, 0.1) is 11.8 Å². The van der Waals surface area contributed by atoms with Gasteiger partial charge in [-0.05, 0) is 37.5 Å². The Morgan fingerprint density at radius 1 is 0.938 bits per heavy atom. The van der Waals surface area contributed by atoms with Crippen molar-refractivity contribution in [1.29, 1.82) is 0 Å². The summed E-state index contributed by atoms with van der Waals surface area (Å²) in [5.41, 5.74) is 0. The van der Waals surface area contributed by atoms with Gasteiger partial charge in [0.05, 0.1) is 0 Å². The summed E-state index contributed by atoms with van der Waals surface area (Å²) < 4.78 is 0. The van der Waals surface area contributed by atoms with Crippen molar-refractivity contribution >= 4 is 0 Å². The van der Waals surface area contributed by atoms with Crippen molar-refractivity contribution in [3.63, 3.8) is 0 Å². The third-order valence-electron chi connectivity index (χ3n) is 4.81. The minimum Gasteiger partial charge on any atom is -0.311 e. The Kier molecular flexibility index (Phi) is 4.69.